The van der Waals surface area contributed by atoms with E-state index in [0.29, 0.717) is 17.8 Å². The summed E-state index contributed by atoms with van der Waals surface area (Å²) in [6, 6.07) is 6.32. The molecule has 156 valence electrons. The molecular weight excluding hydrogens is 387 g/mol. The first-order valence-corrected chi connectivity index (χ1v) is 9.09. The zero-order valence-electron chi connectivity index (χ0n) is 16.7. The van der Waals surface area contributed by atoms with Gasteiger partial charge in [0.1, 0.15) is 0 Å². The number of halogens is 2. The van der Waals surface area contributed by atoms with Gasteiger partial charge in [0.25, 0.3) is 5.91 Å². The molecule has 0 aliphatic rings. The lowest BCUT2D eigenvalue weighted by atomic mass is 9.99. The van der Waals surface area contributed by atoms with Crippen LogP contribution in [0.1, 0.15) is 44.5 Å². The minimum Gasteiger partial charge on any atom is -0.351 e. The second-order valence-corrected chi connectivity index (χ2v) is 6.26. The molecule has 0 aliphatic carbocycles. The lowest BCUT2D eigenvalue weighted by Gasteiger charge is -2.18. The maximum absolute atomic E-state index is 12.1. The molecule has 1 aromatic rings. The highest BCUT2D eigenvalue weighted by Crippen LogP contribution is 2.12. The number of amides is 2. The second kappa shape index (κ2) is 14.7. The van der Waals surface area contributed by atoms with Crippen molar-refractivity contribution < 1.29 is 9.59 Å². The summed E-state index contributed by atoms with van der Waals surface area (Å²) in [6.07, 6.45) is 0.848. The number of hydrogen-bond acceptors (Lipinski definition) is 4. The zero-order chi connectivity index (χ0) is 18.8. The van der Waals surface area contributed by atoms with Gasteiger partial charge >= 0.3 is 0 Å². The Morgan fingerprint density at radius 1 is 1.07 bits per heavy atom. The Morgan fingerprint density at radius 3 is 2.11 bits per heavy atom. The van der Waals surface area contributed by atoms with Crippen molar-refractivity contribution in [3.05, 3.63) is 29.8 Å². The Bertz CT molecular complexity index is 551. The average molecular weight is 421 g/mol. The quantitative estimate of drug-likeness (QED) is 0.542. The molecule has 0 saturated carbocycles. The van der Waals surface area contributed by atoms with E-state index < -0.39 is 6.04 Å². The Kier molecular flexibility index (Phi) is 15.2. The van der Waals surface area contributed by atoms with Crippen molar-refractivity contribution in [1.29, 1.82) is 0 Å². The summed E-state index contributed by atoms with van der Waals surface area (Å²) in [7, 11) is 0. The molecule has 2 atom stereocenters. The number of nitrogens with zero attached hydrogens (tertiary/aromatic N) is 1. The van der Waals surface area contributed by atoms with Crippen LogP contribution in [-0.2, 0) is 4.79 Å². The molecule has 0 aromatic heterocycles. The van der Waals surface area contributed by atoms with Crippen molar-refractivity contribution in [3.63, 3.8) is 0 Å². The van der Waals surface area contributed by atoms with E-state index in [1.165, 1.54) is 0 Å². The van der Waals surface area contributed by atoms with Crippen LogP contribution in [0.4, 0.5) is 5.69 Å². The van der Waals surface area contributed by atoms with Crippen molar-refractivity contribution in [2.45, 2.75) is 40.2 Å². The SMILES string of the molecule is CCC(C)C(N)C(=O)Nc1ccc(C(=O)NCCN(CC)CC)cc1.Cl.Cl. The molecule has 2 amide bonds. The van der Waals surface area contributed by atoms with Gasteiger partial charge in [-0.2, -0.15) is 0 Å². The van der Waals surface area contributed by atoms with Gasteiger partial charge in [0.2, 0.25) is 5.91 Å². The smallest absolute Gasteiger partial charge is 0.251 e. The van der Waals surface area contributed by atoms with Crippen molar-refractivity contribution in [2.24, 2.45) is 11.7 Å². The summed E-state index contributed by atoms with van der Waals surface area (Å²) in [5.74, 6) is -0.192. The second-order valence-electron chi connectivity index (χ2n) is 6.26. The Balaban J connectivity index is 0. The van der Waals surface area contributed by atoms with E-state index in [2.05, 4.69) is 29.4 Å². The third-order valence-corrected chi connectivity index (χ3v) is 4.58. The van der Waals surface area contributed by atoms with E-state index in [1.54, 1.807) is 24.3 Å². The molecular formula is C19H34Cl2N4O2. The van der Waals surface area contributed by atoms with Gasteiger partial charge in [-0.15, -0.1) is 24.8 Å². The van der Waals surface area contributed by atoms with Crippen LogP contribution < -0.4 is 16.4 Å². The van der Waals surface area contributed by atoms with Crippen molar-refractivity contribution in [2.75, 3.05) is 31.5 Å². The predicted octanol–water partition coefficient (Wildman–Crippen LogP) is 2.91. The maximum Gasteiger partial charge on any atom is 0.251 e. The van der Waals surface area contributed by atoms with Gasteiger partial charge in [-0.3, -0.25) is 9.59 Å². The number of hydrogen-bond donors (Lipinski definition) is 3. The molecule has 27 heavy (non-hydrogen) atoms. The first kappa shape index (κ1) is 27.9. The average Bonchev–Trinajstić information content (AvgIpc) is 2.64. The summed E-state index contributed by atoms with van der Waals surface area (Å²) >= 11 is 0. The van der Waals surface area contributed by atoms with Crippen LogP contribution in [-0.4, -0.2) is 48.9 Å². The molecule has 0 heterocycles. The highest BCUT2D eigenvalue weighted by atomic mass is 35.5. The molecule has 0 bridgehead atoms. The number of anilines is 1. The highest BCUT2D eigenvalue weighted by Gasteiger charge is 2.19. The summed E-state index contributed by atoms with van der Waals surface area (Å²) in [5.41, 5.74) is 7.13. The van der Waals surface area contributed by atoms with Crippen LogP contribution in [0, 0.1) is 5.92 Å². The van der Waals surface area contributed by atoms with Gasteiger partial charge in [0, 0.05) is 24.3 Å². The number of rotatable bonds is 10. The van der Waals surface area contributed by atoms with Crippen LogP contribution in [0.15, 0.2) is 24.3 Å². The van der Waals surface area contributed by atoms with E-state index in [1.807, 2.05) is 13.8 Å². The molecule has 0 spiro atoms. The molecule has 0 saturated heterocycles. The Morgan fingerprint density at radius 2 is 1.63 bits per heavy atom. The summed E-state index contributed by atoms with van der Waals surface area (Å²) < 4.78 is 0. The molecule has 2 unspecified atom stereocenters. The number of carbonyl (C=O) groups is 2. The first-order chi connectivity index (χ1) is 11.9. The molecule has 6 nitrogen and oxygen atoms in total. The minimum atomic E-state index is -0.534. The number of carbonyl (C=O) groups excluding carboxylic acids is 2. The number of likely N-dealkylation sites (N-methyl/N-ethyl adjacent to an activating group) is 1. The third-order valence-electron chi connectivity index (χ3n) is 4.58. The van der Waals surface area contributed by atoms with E-state index in [9.17, 15) is 9.59 Å². The predicted molar refractivity (Wildman–Crippen MR) is 117 cm³/mol. The molecule has 0 fully saturated rings. The van der Waals surface area contributed by atoms with Crippen LogP contribution >= 0.6 is 24.8 Å². The van der Waals surface area contributed by atoms with Gasteiger partial charge in [0.05, 0.1) is 6.04 Å². The molecule has 4 N–H and O–H groups in total. The van der Waals surface area contributed by atoms with E-state index in [-0.39, 0.29) is 42.5 Å². The number of benzene rings is 1. The normalized spacial score (nSPS) is 12.4. The van der Waals surface area contributed by atoms with Gasteiger partial charge in [-0.05, 0) is 43.3 Å². The number of nitrogens with two attached hydrogens (primary N) is 1. The largest absolute Gasteiger partial charge is 0.351 e. The number of nitrogens with one attached hydrogen (secondary N) is 2. The lowest BCUT2D eigenvalue weighted by molar-refractivity contribution is -0.118. The van der Waals surface area contributed by atoms with Crippen LogP contribution in [0.25, 0.3) is 0 Å². The minimum absolute atomic E-state index is 0. The van der Waals surface area contributed by atoms with Gasteiger partial charge in [0.15, 0.2) is 0 Å². The van der Waals surface area contributed by atoms with E-state index in [0.717, 1.165) is 26.1 Å². The molecule has 1 rings (SSSR count). The topological polar surface area (TPSA) is 87.5 Å². The Hall–Kier alpha value is -1.34. The van der Waals surface area contributed by atoms with Crippen LogP contribution in [0.2, 0.25) is 0 Å². The molecule has 8 heteroatoms. The summed E-state index contributed by atoms with van der Waals surface area (Å²) in [5, 5.41) is 5.71. The van der Waals surface area contributed by atoms with Crippen LogP contribution in [0.3, 0.4) is 0 Å². The van der Waals surface area contributed by atoms with Crippen molar-refractivity contribution in [1.82, 2.24) is 10.2 Å². The summed E-state index contributed by atoms with van der Waals surface area (Å²) in [4.78, 5) is 26.5. The van der Waals surface area contributed by atoms with Gasteiger partial charge < -0.3 is 21.3 Å². The standard InChI is InChI=1S/C19H32N4O2.2ClH/c1-5-14(4)17(20)19(25)22-16-10-8-15(9-11-16)18(24)21-12-13-23(6-2)7-3;;/h8-11,14,17H,5-7,12-13,20H2,1-4H3,(H,21,24)(H,22,25);2*1H. The van der Waals surface area contributed by atoms with Crippen molar-refractivity contribution >= 4 is 42.3 Å². The zero-order valence-corrected chi connectivity index (χ0v) is 18.3. The highest BCUT2D eigenvalue weighted by molar-refractivity contribution is 5.97. The maximum atomic E-state index is 12.1. The molecule has 1 aromatic carbocycles. The fraction of sp³-hybridized carbons (Fsp3) is 0.579. The van der Waals surface area contributed by atoms with Gasteiger partial charge in [-0.25, -0.2) is 0 Å². The fourth-order valence-electron chi connectivity index (χ4n) is 2.41. The lowest BCUT2D eigenvalue weighted by Crippen LogP contribution is -2.40. The Labute approximate surface area is 175 Å². The summed E-state index contributed by atoms with van der Waals surface area (Å²) in [6.45, 7) is 11.6. The molecule has 0 radical (unpaired) electrons. The van der Waals surface area contributed by atoms with E-state index >= 15 is 0 Å². The van der Waals surface area contributed by atoms with Gasteiger partial charge in [-0.1, -0.05) is 34.1 Å². The van der Waals surface area contributed by atoms with Crippen LogP contribution in [0.5, 0.6) is 0 Å². The third kappa shape index (κ3) is 9.42. The first-order valence-electron chi connectivity index (χ1n) is 9.09. The van der Waals surface area contributed by atoms with Crippen molar-refractivity contribution in [3.8, 4) is 0 Å². The monoisotopic (exact) mass is 420 g/mol. The molecule has 0 aliphatic heterocycles. The fourth-order valence-corrected chi connectivity index (χ4v) is 2.41. The van der Waals surface area contributed by atoms with E-state index in [4.69, 9.17) is 5.73 Å².